The van der Waals surface area contributed by atoms with Crippen molar-refractivity contribution in [3.8, 4) is 0 Å². The first kappa shape index (κ1) is 31.0. The number of allylic oxidation sites excluding steroid dienone is 5. The average Bonchev–Trinajstić information content (AvgIpc) is 2.07. The van der Waals surface area contributed by atoms with Crippen LogP contribution in [0.25, 0.3) is 0 Å². The van der Waals surface area contributed by atoms with Gasteiger partial charge in [-0.15, -0.1) is 0 Å². The van der Waals surface area contributed by atoms with Crippen LogP contribution in [-0.4, -0.2) is 0 Å². The smallest absolute Gasteiger partial charge is 0.0178 e. The molecule has 0 aromatic rings. The summed E-state index contributed by atoms with van der Waals surface area (Å²) in [4.78, 5) is 0. The Morgan fingerprint density at radius 1 is 0.583 bits per heavy atom. The molecule has 0 atom stereocenters. The van der Waals surface area contributed by atoms with Crippen molar-refractivity contribution in [2.24, 2.45) is 16.2 Å². The van der Waals surface area contributed by atoms with Crippen LogP contribution in [0.15, 0.2) is 35.5 Å². The minimum atomic E-state index is 0. The molecule has 0 aliphatic carbocycles. The highest BCUT2D eigenvalue weighted by Crippen LogP contribution is 2.21. The van der Waals surface area contributed by atoms with E-state index in [0.29, 0.717) is 16.2 Å². The van der Waals surface area contributed by atoms with Crippen molar-refractivity contribution in [2.75, 3.05) is 0 Å². The van der Waals surface area contributed by atoms with Crippen molar-refractivity contribution < 1.29 is 0 Å². The number of hydrogen-bond donors (Lipinski definition) is 0. The van der Waals surface area contributed by atoms with Crippen LogP contribution in [0.5, 0.6) is 0 Å². The van der Waals surface area contributed by atoms with E-state index < -0.39 is 0 Å². The first-order valence-corrected chi connectivity index (χ1v) is 8.76. The Hall–Kier alpha value is -0.780. The zero-order valence-corrected chi connectivity index (χ0v) is 18.9. The molecule has 0 unspecified atom stereocenters. The molecule has 0 N–H and O–H groups in total. The molecule has 0 radical (unpaired) electrons. The van der Waals surface area contributed by atoms with Gasteiger partial charge in [-0.1, -0.05) is 105 Å². The van der Waals surface area contributed by atoms with E-state index in [0.717, 1.165) is 0 Å². The molecule has 24 heavy (non-hydrogen) atoms. The monoisotopic (exact) mass is 338 g/mol. The van der Waals surface area contributed by atoms with Crippen molar-refractivity contribution in [3.63, 3.8) is 0 Å². The van der Waals surface area contributed by atoms with Gasteiger partial charge in [0.15, 0.2) is 0 Å². The summed E-state index contributed by atoms with van der Waals surface area (Å²) in [5.41, 5.74) is 5.07. The Balaban J connectivity index is -0.000000123. The van der Waals surface area contributed by atoms with Gasteiger partial charge < -0.3 is 0 Å². The van der Waals surface area contributed by atoms with Gasteiger partial charge in [0.25, 0.3) is 0 Å². The summed E-state index contributed by atoms with van der Waals surface area (Å²) >= 11 is 0. The number of hydrogen-bond acceptors (Lipinski definition) is 0. The molecule has 0 fully saturated rings. The third-order valence-corrected chi connectivity index (χ3v) is 2.72. The lowest BCUT2D eigenvalue weighted by atomic mass is 9.89. The highest BCUT2D eigenvalue weighted by Gasteiger charge is 2.08. The SMILES string of the molecule is C.C=C(C)C(C)(C)C.CC(C)=CC(C)(C)C.CC(C)=CC(C)(C)C. The van der Waals surface area contributed by atoms with Gasteiger partial charge in [0, 0.05) is 0 Å². The summed E-state index contributed by atoms with van der Waals surface area (Å²) in [6, 6.07) is 0. The van der Waals surface area contributed by atoms with Gasteiger partial charge in [-0.3, -0.25) is 0 Å². The fraction of sp³-hybridized carbons (Fsp3) is 0.750. The Labute approximate surface area is 156 Å². The van der Waals surface area contributed by atoms with Crippen LogP contribution in [0.1, 0.15) is 104 Å². The van der Waals surface area contributed by atoms with Crippen molar-refractivity contribution in [1.82, 2.24) is 0 Å². The van der Waals surface area contributed by atoms with Crippen LogP contribution in [-0.2, 0) is 0 Å². The van der Waals surface area contributed by atoms with E-state index in [1.165, 1.54) is 16.7 Å². The van der Waals surface area contributed by atoms with Gasteiger partial charge >= 0.3 is 0 Å². The standard InChI is InChI=1S/2C8H16.C7H14.CH4/c2*1-7(2)6-8(3,4)5;1-6(2)7(3,4)5;/h2*6H,1-5H3;1H2,2-5H3;1H4. The largest absolute Gasteiger partial charge is 0.0996 e. The molecule has 0 amide bonds. The van der Waals surface area contributed by atoms with Crippen LogP contribution in [0, 0.1) is 16.2 Å². The Kier molecular flexibility index (Phi) is 16.2. The van der Waals surface area contributed by atoms with Gasteiger partial charge in [-0.05, 0) is 50.9 Å². The summed E-state index contributed by atoms with van der Waals surface area (Å²) in [5, 5.41) is 0. The first-order chi connectivity index (χ1) is 9.78. The van der Waals surface area contributed by atoms with E-state index in [1.807, 2.05) is 0 Å². The Morgan fingerprint density at radius 3 is 0.750 bits per heavy atom. The molecule has 0 aromatic carbocycles. The second-order valence-corrected chi connectivity index (χ2v) is 10.2. The maximum absolute atomic E-state index is 3.83. The molecule has 0 rings (SSSR count). The third kappa shape index (κ3) is 37.5. The fourth-order valence-corrected chi connectivity index (χ4v) is 1.73. The second-order valence-electron chi connectivity index (χ2n) is 10.2. The molecular formula is C24H50. The quantitative estimate of drug-likeness (QED) is 0.386. The normalized spacial score (nSPS) is 10.8. The van der Waals surface area contributed by atoms with E-state index in [2.05, 4.69) is 116 Å². The lowest BCUT2D eigenvalue weighted by Crippen LogP contribution is -2.04. The molecule has 0 spiro atoms. The lowest BCUT2D eigenvalue weighted by Gasteiger charge is -2.16. The van der Waals surface area contributed by atoms with E-state index >= 15 is 0 Å². The Bertz CT molecular complexity index is 345. The number of rotatable bonds is 0. The zero-order valence-electron chi connectivity index (χ0n) is 18.9. The molecule has 0 nitrogen and oxygen atoms in total. The fourth-order valence-electron chi connectivity index (χ4n) is 1.73. The van der Waals surface area contributed by atoms with Crippen LogP contribution in [0.3, 0.4) is 0 Å². The van der Waals surface area contributed by atoms with Crippen molar-refractivity contribution in [2.45, 2.75) is 104 Å². The molecule has 0 heteroatoms. The van der Waals surface area contributed by atoms with Crippen LogP contribution >= 0.6 is 0 Å². The van der Waals surface area contributed by atoms with Gasteiger partial charge in [-0.25, -0.2) is 0 Å². The van der Waals surface area contributed by atoms with Crippen molar-refractivity contribution in [3.05, 3.63) is 35.5 Å². The first-order valence-electron chi connectivity index (χ1n) is 8.76. The molecule has 0 heterocycles. The molecule has 0 aliphatic rings. The highest BCUT2D eigenvalue weighted by molar-refractivity contribution is 5.01. The summed E-state index contributed by atoms with van der Waals surface area (Å²) in [6.07, 6.45) is 4.54. The minimum absolute atomic E-state index is 0. The molecular weight excluding hydrogens is 288 g/mol. The summed E-state index contributed by atoms with van der Waals surface area (Å²) in [5.74, 6) is 0. The maximum atomic E-state index is 3.83. The van der Waals surface area contributed by atoms with E-state index in [-0.39, 0.29) is 7.43 Å². The Morgan fingerprint density at radius 2 is 0.750 bits per heavy atom. The van der Waals surface area contributed by atoms with E-state index in [9.17, 15) is 0 Å². The molecule has 146 valence electrons. The second kappa shape index (κ2) is 12.6. The van der Waals surface area contributed by atoms with Gasteiger partial charge in [-0.2, -0.15) is 0 Å². The maximum Gasteiger partial charge on any atom is -0.0178 e. The molecule has 0 bridgehead atoms. The zero-order chi connectivity index (χ0) is 19.6. The highest BCUT2D eigenvalue weighted by atomic mass is 14.1. The lowest BCUT2D eigenvalue weighted by molar-refractivity contribution is 0.506. The van der Waals surface area contributed by atoms with Gasteiger partial charge in [0.1, 0.15) is 0 Å². The summed E-state index contributed by atoms with van der Waals surface area (Å²) in [6.45, 7) is 34.1. The third-order valence-electron chi connectivity index (χ3n) is 2.72. The van der Waals surface area contributed by atoms with Gasteiger partial charge in [0.2, 0.25) is 0 Å². The molecule has 0 saturated heterocycles. The van der Waals surface area contributed by atoms with E-state index in [1.54, 1.807) is 0 Å². The molecule has 0 aliphatic heterocycles. The van der Waals surface area contributed by atoms with Crippen LogP contribution in [0.2, 0.25) is 0 Å². The minimum Gasteiger partial charge on any atom is -0.0996 e. The molecule has 0 saturated carbocycles. The predicted octanol–water partition coefficient (Wildman–Crippen LogP) is 9.24. The van der Waals surface area contributed by atoms with Crippen molar-refractivity contribution >= 4 is 0 Å². The average molecular weight is 339 g/mol. The molecule has 0 aromatic heterocycles. The van der Waals surface area contributed by atoms with Crippen LogP contribution < -0.4 is 0 Å². The summed E-state index contributed by atoms with van der Waals surface area (Å²) < 4.78 is 0. The van der Waals surface area contributed by atoms with Gasteiger partial charge in [0.05, 0.1) is 0 Å². The topological polar surface area (TPSA) is 0 Å². The van der Waals surface area contributed by atoms with Crippen LogP contribution in [0.4, 0.5) is 0 Å². The van der Waals surface area contributed by atoms with Crippen molar-refractivity contribution in [1.29, 1.82) is 0 Å². The summed E-state index contributed by atoms with van der Waals surface area (Å²) in [7, 11) is 0. The van der Waals surface area contributed by atoms with E-state index in [4.69, 9.17) is 0 Å². The predicted molar refractivity (Wildman–Crippen MR) is 119 cm³/mol.